The Hall–Kier alpha value is -2.66. The van der Waals surface area contributed by atoms with Crippen molar-refractivity contribution in [3.63, 3.8) is 0 Å². The molecule has 3 N–H and O–H groups in total. The molecule has 0 saturated carbocycles. The second-order valence-electron chi connectivity index (χ2n) is 5.12. The molecule has 0 aliphatic carbocycles. The number of nitrogens with zero attached hydrogens (tertiary/aromatic N) is 2. The van der Waals surface area contributed by atoms with Crippen molar-refractivity contribution in [2.45, 2.75) is 13.0 Å². The Morgan fingerprint density at radius 2 is 1.91 bits per heavy atom. The van der Waals surface area contributed by atoms with Gasteiger partial charge >= 0.3 is 5.97 Å². The summed E-state index contributed by atoms with van der Waals surface area (Å²) < 4.78 is 2.05. The number of carboxylic acid groups (broad SMARTS) is 1. The van der Waals surface area contributed by atoms with Gasteiger partial charge in [0, 0.05) is 13.0 Å². The Morgan fingerprint density at radius 3 is 2.59 bits per heavy atom. The van der Waals surface area contributed by atoms with Gasteiger partial charge in [0.15, 0.2) is 0 Å². The minimum atomic E-state index is -0.964. The highest BCUT2D eigenvalue weighted by molar-refractivity contribution is 6.01. The maximum absolute atomic E-state index is 11.4. The average Bonchev–Trinajstić information content (AvgIpc) is 2.86. The second-order valence-corrected chi connectivity index (χ2v) is 5.12. The van der Waals surface area contributed by atoms with Crippen LogP contribution in [0.25, 0.3) is 11.0 Å². The van der Waals surface area contributed by atoms with Crippen molar-refractivity contribution >= 4 is 17.0 Å². The van der Waals surface area contributed by atoms with Gasteiger partial charge in [0.1, 0.15) is 11.3 Å². The third-order valence-electron chi connectivity index (χ3n) is 3.64. The smallest absolute Gasteiger partial charge is 0.337 e. The van der Waals surface area contributed by atoms with Crippen molar-refractivity contribution in [1.29, 1.82) is 0 Å². The standard InChI is InChI=1S/C17H17N3O2/c18-10-9-15-19-16-13(17(21)22)7-4-8-14(16)20(15)11-12-5-2-1-3-6-12/h1-8H,9-11,18H2,(H,21,22). The van der Waals surface area contributed by atoms with E-state index in [2.05, 4.69) is 4.98 Å². The lowest BCUT2D eigenvalue weighted by molar-refractivity contribution is 0.0699. The summed E-state index contributed by atoms with van der Waals surface area (Å²) in [4.78, 5) is 15.9. The van der Waals surface area contributed by atoms with Crippen LogP contribution in [0.2, 0.25) is 0 Å². The van der Waals surface area contributed by atoms with Crippen LogP contribution in [0.1, 0.15) is 21.7 Å². The summed E-state index contributed by atoms with van der Waals surface area (Å²) in [6.45, 7) is 1.12. The van der Waals surface area contributed by atoms with Crippen LogP contribution in [0.15, 0.2) is 48.5 Å². The van der Waals surface area contributed by atoms with E-state index in [-0.39, 0.29) is 5.56 Å². The topological polar surface area (TPSA) is 81.1 Å². The van der Waals surface area contributed by atoms with E-state index in [1.165, 1.54) is 0 Å². The average molecular weight is 295 g/mol. The first-order valence-corrected chi connectivity index (χ1v) is 7.16. The Morgan fingerprint density at radius 1 is 1.14 bits per heavy atom. The molecule has 5 heteroatoms. The molecule has 0 bridgehead atoms. The number of rotatable bonds is 5. The summed E-state index contributed by atoms with van der Waals surface area (Å²) in [7, 11) is 0. The summed E-state index contributed by atoms with van der Waals surface area (Å²) in [5.74, 6) is -0.149. The molecule has 0 spiro atoms. The molecule has 0 saturated heterocycles. The molecule has 0 amide bonds. The van der Waals surface area contributed by atoms with Gasteiger partial charge in [-0.15, -0.1) is 0 Å². The largest absolute Gasteiger partial charge is 0.478 e. The molecule has 0 radical (unpaired) electrons. The fraction of sp³-hybridized carbons (Fsp3) is 0.176. The molecule has 1 heterocycles. The minimum absolute atomic E-state index is 0.225. The Labute approximate surface area is 128 Å². The molecule has 3 aromatic rings. The number of aromatic nitrogens is 2. The van der Waals surface area contributed by atoms with E-state index < -0.39 is 5.97 Å². The summed E-state index contributed by atoms with van der Waals surface area (Å²) in [5, 5.41) is 9.33. The SMILES string of the molecule is NCCc1nc2c(C(=O)O)cccc2n1Cc1ccccc1. The molecule has 3 rings (SSSR count). The first kappa shape index (κ1) is 14.3. The number of nitrogens with two attached hydrogens (primary N) is 1. The van der Waals surface area contributed by atoms with Gasteiger partial charge in [0.2, 0.25) is 0 Å². The van der Waals surface area contributed by atoms with Crippen LogP contribution in [0.3, 0.4) is 0 Å². The molecule has 112 valence electrons. The molecule has 0 atom stereocenters. The van der Waals surface area contributed by atoms with Crippen LogP contribution in [0.5, 0.6) is 0 Å². The predicted molar refractivity (Wildman–Crippen MR) is 85.0 cm³/mol. The number of hydrogen-bond donors (Lipinski definition) is 2. The normalized spacial score (nSPS) is 11.0. The number of carbonyl (C=O) groups is 1. The maximum atomic E-state index is 11.4. The van der Waals surface area contributed by atoms with E-state index >= 15 is 0 Å². The van der Waals surface area contributed by atoms with Crippen molar-refractivity contribution in [3.8, 4) is 0 Å². The minimum Gasteiger partial charge on any atom is -0.478 e. The van der Waals surface area contributed by atoms with E-state index in [9.17, 15) is 9.90 Å². The van der Waals surface area contributed by atoms with Gasteiger partial charge < -0.3 is 15.4 Å². The highest BCUT2D eigenvalue weighted by atomic mass is 16.4. The van der Waals surface area contributed by atoms with Crippen molar-refractivity contribution in [2.75, 3.05) is 6.54 Å². The maximum Gasteiger partial charge on any atom is 0.337 e. The number of carboxylic acids is 1. The zero-order valence-electron chi connectivity index (χ0n) is 12.1. The Kier molecular flexibility index (Phi) is 3.89. The fourth-order valence-electron chi connectivity index (χ4n) is 2.63. The molecule has 1 aromatic heterocycles. The number of imidazole rings is 1. The molecule has 0 aliphatic heterocycles. The summed E-state index contributed by atoms with van der Waals surface area (Å²) in [6, 6.07) is 15.3. The third kappa shape index (κ3) is 2.58. The highest BCUT2D eigenvalue weighted by Gasteiger charge is 2.16. The lowest BCUT2D eigenvalue weighted by Gasteiger charge is -2.09. The van der Waals surface area contributed by atoms with Crippen LogP contribution >= 0.6 is 0 Å². The predicted octanol–water partition coefficient (Wildman–Crippen LogP) is 2.28. The van der Waals surface area contributed by atoms with E-state index in [0.29, 0.717) is 25.0 Å². The summed E-state index contributed by atoms with van der Waals surface area (Å²) in [6.07, 6.45) is 0.612. The highest BCUT2D eigenvalue weighted by Crippen LogP contribution is 2.22. The van der Waals surface area contributed by atoms with Gasteiger partial charge in [-0.3, -0.25) is 0 Å². The quantitative estimate of drug-likeness (QED) is 0.756. The van der Waals surface area contributed by atoms with E-state index in [0.717, 1.165) is 16.9 Å². The molecule has 2 aromatic carbocycles. The van der Waals surface area contributed by atoms with Crippen LogP contribution < -0.4 is 5.73 Å². The number of fused-ring (bicyclic) bond motifs is 1. The van der Waals surface area contributed by atoms with Crippen molar-refractivity contribution in [3.05, 3.63) is 65.5 Å². The summed E-state index contributed by atoms with van der Waals surface area (Å²) >= 11 is 0. The first-order valence-electron chi connectivity index (χ1n) is 7.16. The van der Waals surface area contributed by atoms with Gasteiger partial charge in [-0.2, -0.15) is 0 Å². The van der Waals surface area contributed by atoms with Gasteiger partial charge in [0.05, 0.1) is 11.1 Å². The number of aromatic carboxylic acids is 1. The Balaban J connectivity index is 2.16. The zero-order valence-corrected chi connectivity index (χ0v) is 12.1. The number of benzene rings is 2. The third-order valence-corrected chi connectivity index (χ3v) is 3.64. The van der Waals surface area contributed by atoms with Crippen LogP contribution in [0.4, 0.5) is 0 Å². The van der Waals surface area contributed by atoms with E-state index in [1.54, 1.807) is 12.1 Å². The lowest BCUT2D eigenvalue weighted by atomic mass is 10.2. The van der Waals surface area contributed by atoms with Crippen LogP contribution in [-0.2, 0) is 13.0 Å². The van der Waals surface area contributed by atoms with Gasteiger partial charge in [-0.25, -0.2) is 9.78 Å². The van der Waals surface area contributed by atoms with Crippen LogP contribution in [0, 0.1) is 0 Å². The van der Waals surface area contributed by atoms with Gasteiger partial charge in [-0.05, 0) is 24.2 Å². The van der Waals surface area contributed by atoms with Gasteiger partial charge in [0.25, 0.3) is 0 Å². The molecule has 0 fully saturated rings. The van der Waals surface area contributed by atoms with Crippen molar-refractivity contribution in [1.82, 2.24) is 9.55 Å². The first-order chi connectivity index (χ1) is 10.7. The second kappa shape index (κ2) is 5.99. The molecular formula is C17H17N3O2. The van der Waals surface area contributed by atoms with Crippen LogP contribution in [-0.4, -0.2) is 27.2 Å². The van der Waals surface area contributed by atoms with Gasteiger partial charge in [-0.1, -0.05) is 36.4 Å². The molecule has 22 heavy (non-hydrogen) atoms. The number of para-hydroxylation sites is 1. The van der Waals surface area contributed by atoms with Crippen molar-refractivity contribution in [2.24, 2.45) is 5.73 Å². The molecule has 0 aliphatic rings. The van der Waals surface area contributed by atoms with Crippen molar-refractivity contribution < 1.29 is 9.90 Å². The molecular weight excluding hydrogens is 278 g/mol. The number of hydrogen-bond acceptors (Lipinski definition) is 3. The van der Waals surface area contributed by atoms with E-state index in [4.69, 9.17) is 5.73 Å². The zero-order chi connectivity index (χ0) is 15.5. The monoisotopic (exact) mass is 295 g/mol. The fourth-order valence-corrected chi connectivity index (χ4v) is 2.63. The van der Waals surface area contributed by atoms with E-state index in [1.807, 2.05) is 41.0 Å². The Bertz CT molecular complexity index is 809. The molecule has 5 nitrogen and oxygen atoms in total. The molecule has 0 unspecified atom stereocenters. The lowest BCUT2D eigenvalue weighted by Crippen LogP contribution is -2.10. The summed E-state index contributed by atoms with van der Waals surface area (Å²) in [5.41, 5.74) is 8.39.